The summed E-state index contributed by atoms with van der Waals surface area (Å²) in [7, 11) is 0. The van der Waals surface area contributed by atoms with Crippen LogP contribution in [0.2, 0.25) is 0 Å². The highest BCUT2D eigenvalue weighted by molar-refractivity contribution is 14.1. The van der Waals surface area contributed by atoms with Gasteiger partial charge in [0.25, 0.3) is 0 Å². The summed E-state index contributed by atoms with van der Waals surface area (Å²) in [5, 5.41) is 0. The summed E-state index contributed by atoms with van der Waals surface area (Å²) < 4.78 is 13.3. The third-order valence-electron chi connectivity index (χ3n) is 1.25. The largest absolute Gasteiger partial charge is 0.326 e. The SMILES string of the molecule is Cl.NCc1cccc(F)c1I. The Balaban J connectivity index is 0.000001000. The first-order valence-electron chi connectivity index (χ1n) is 2.88. The molecule has 1 aromatic carbocycles. The summed E-state index contributed by atoms with van der Waals surface area (Å²) in [6, 6.07) is 4.92. The molecule has 0 aliphatic heterocycles. The van der Waals surface area contributed by atoms with Crippen LogP contribution >= 0.6 is 35.0 Å². The number of halogens is 3. The molecule has 0 heterocycles. The Kier molecular flexibility index (Phi) is 4.96. The predicted octanol–water partition coefficient (Wildman–Crippen LogP) is 2.31. The second kappa shape index (κ2) is 4.90. The molecule has 1 rings (SSSR count). The fourth-order valence-electron chi connectivity index (χ4n) is 0.706. The van der Waals surface area contributed by atoms with E-state index in [1.165, 1.54) is 6.07 Å². The molecule has 0 amide bonds. The van der Waals surface area contributed by atoms with Crippen molar-refractivity contribution >= 4 is 35.0 Å². The van der Waals surface area contributed by atoms with Gasteiger partial charge in [0, 0.05) is 6.54 Å². The lowest BCUT2D eigenvalue weighted by Crippen LogP contribution is -2.00. The molecular formula is C7H8ClFIN. The van der Waals surface area contributed by atoms with Crippen molar-refractivity contribution in [3.63, 3.8) is 0 Å². The van der Waals surface area contributed by atoms with Crippen LogP contribution in [0.3, 0.4) is 0 Å². The van der Waals surface area contributed by atoms with Crippen molar-refractivity contribution in [1.82, 2.24) is 0 Å². The lowest BCUT2D eigenvalue weighted by Gasteiger charge is -1.99. The molecular weight excluding hydrogens is 279 g/mol. The van der Waals surface area contributed by atoms with Gasteiger partial charge in [0.1, 0.15) is 5.82 Å². The first-order chi connectivity index (χ1) is 4.75. The molecule has 1 aromatic rings. The molecule has 0 aliphatic rings. The van der Waals surface area contributed by atoms with Crippen molar-refractivity contribution in [3.05, 3.63) is 33.1 Å². The number of nitrogens with two attached hydrogens (primary N) is 1. The third kappa shape index (κ3) is 2.57. The van der Waals surface area contributed by atoms with Crippen LogP contribution in [0.5, 0.6) is 0 Å². The van der Waals surface area contributed by atoms with Crippen molar-refractivity contribution in [2.45, 2.75) is 6.54 Å². The third-order valence-corrected chi connectivity index (χ3v) is 2.46. The summed E-state index contributed by atoms with van der Waals surface area (Å²) in [4.78, 5) is 0. The highest BCUT2D eigenvalue weighted by Gasteiger charge is 2.01. The van der Waals surface area contributed by atoms with E-state index in [-0.39, 0.29) is 18.2 Å². The number of hydrogen-bond donors (Lipinski definition) is 1. The minimum absolute atomic E-state index is 0. The molecule has 0 atom stereocenters. The zero-order chi connectivity index (χ0) is 7.56. The van der Waals surface area contributed by atoms with E-state index in [0.29, 0.717) is 10.1 Å². The van der Waals surface area contributed by atoms with Gasteiger partial charge in [-0.15, -0.1) is 12.4 Å². The maximum Gasteiger partial charge on any atom is 0.136 e. The lowest BCUT2D eigenvalue weighted by atomic mass is 10.2. The number of benzene rings is 1. The molecule has 0 fully saturated rings. The molecule has 62 valence electrons. The molecule has 0 bridgehead atoms. The van der Waals surface area contributed by atoms with Gasteiger partial charge in [-0.2, -0.15) is 0 Å². The molecule has 0 radical (unpaired) electrons. The Bertz CT molecular complexity index is 242. The predicted molar refractivity (Wildman–Crippen MR) is 54.3 cm³/mol. The average Bonchev–Trinajstić information content (AvgIpc) is 1.95. The first kappa shape index (κ1) is 11.1. The zero-order valence-electron chi connectivity index (χ0n) is 5.68. The summed E-state index contributed by atoms with van der Waals surface area (Å²) in [6.45, 7) is 0.399. The van der Waals surface area contributed by atoms with E-state index in [1.807, 2.05) is 28.7 Å². The van der Waals surface area contributed by atoms with Gasteiger partial charge in [0.2, 0.25) is 0 Å². The van der Waals surface area contributed by atoms with Gasteiger partial charge in [-0.1, -0.05) is 12.1 Å². The molecule has 0 unspecified atom stereocenters. The fraction of sp³-hybridized carbons (Fsp3) is 0.143. The molecule has 11 heavy (non-hydrogen) atoms. The highest BCUT2D eigenvalue weighted by atomic mass is 127. The Morgan fingerprint density at radius 2 is 2.09 bits per heavy atom. The van der Waals surface area contributed by atoms with Gasteiger partial charge in [0.05, 0.1) is 3.57 Å². The Labute approximate surface area is 84.7 Å². The van der Waals surface area contributed by atoms with E-state index >= 15 is 0 Å². The van der Waals surface area contributed by atoms with E-state index in [2.05, 4.69) is 0 Å². The molecule has 0 saturated carbocycles. The Hall–Kier alpha value is 0.130. The summed E-state index contributed by atoms with van der Waals surface area (Å²) in [5.74, 6) is -0.191. The number of hydrogen-bond acceptors (Lipinski definition) is 1. The normalized spacial score (nSPS) is 9.00. The summed E-state index contributed by atoms with van der Waals surface area (Å²) >= 11 is 1.95. The first-order valence-corrected chi connectivity index (χ1v) is 3.96. The van der Waals surface area contributed by atoms with E-state index in [1.54, 1.807) is 6.07 Å². The smallest absolute Gasteiger partial charge is 0.136 e. The van der Waals surface area contributed by atoms with Crippen molar-refractivity contribution in [2.24, 2.45) is 5.73 Å². The van der Waals surface area contributed by atoms with Crippen LogP contribution in [0.1, 0.15) is 5.56 Å². The lowest BCUT2D eigenvalue weighted by molar-refractivity contribution is 0.617. The molecule has 2 N–H and O–H groups in total. The Morgan fingerprint density at radius 3 is 2.55 bits per heavy atom. The maximum atomic E-state index is 12.7. The van der Waals surface area contributed by atoms with Gasteiger partial charge in [-0.25, -0.2) is 4.39 Å². The van der Waals surface area contributed by atoms with Crippen LogP contribution < -0.4 is 5.73 Å². The van der Waals surface area contributed by atoms with Crippen LogP contribution in [0.25, 0.3) is 0 Å². The minimum atomic E-state index is -0.191. The van der Waals surface area contributed by atoms with Crippen LogP contribution in [-0.4, -0.2) is 0 Å². The second-order valence-corrected chi connectivity index (χ2v) is 3.00. The fourth-order valence-corrected chi connectivity index (χ4v) is 1.29. The summed E-state index contributed by atoms with van der Waals surface area (Å²) in [5.41, 5.74) is 6.21. The number of rotatable bonds is 1. The van der Waals surface area contributed by atoms with Gasteiger partial charge in [0.15, 0.2) is 0 Å². The molecule has 0 aromatic heterocycles. The van der Waals surface area contributed by atoms with E-state index < -0.39 is 0 Å². The second-order valence-electron chi connectivity index (χ2n) is 1.92. The Morgan fingerprint density at radius 1 is 1.45 bits per heavy atom. The molecule has 0 spiro atoms. The highest BCUT2D eigenvalue weighted by Crippen LogP contribution is 2.14. The van der Waals surface area contributed by atoms with E-state index in [4.69, 9.17) is 5.73 Å². The molecule has 0 saturated heterocycles. The minimum Gasteiger partial charge on any atom is -0.326 e. The van der Waals surface area contributed by atoms with Crippen LogP contribution in [0.15, 0.2) is 18.2 Å². The monoisotopic (exact) mass is 287 g/mol. The topological polar surface area (TPSA) is 26.0 Å². The maximum absolute atomic E-state index is 12.7. The van der Waals surface area contributed by atoms with Gasteiger partial charge < -0.3 is 5.73 Å². The van der Waals surface area contributed by atoms with Crippen LogP contribution in [0, 0.1) is 9.39 Å². The van der Waals surface area contributed by atoms with E-state index in [0.717, 1.165) is 5.56 Å². The quantitative estimate of drug-likeness (QED) is 0.788. The van der Waals surface area contributed by atoms with Gasteiger partial charge in [-0.3, -0.25) is 0 Å². The van der Waals surface area contributed by atoms with Crippen LogP contribution in [0.4, 0.5) is 4.39 Å². The van der Waals surface area contributed by atoms with E-state index in [9.17, 15) is 4.39 Å². The van der Waals surface area contributed by atoms with Gasteiger partial charge in [-0.05, 0) is 34.2 Å². The van der Waals surface area contributed by atoms with Crippen molar-refractivity contribution < 1.29 is 4.39 Å². The molecule has 0 aliphatic carbocycles. The van der Waals surface area contributed by atoms with Crippen molar-refractivity contribution in [1.29, 1.82) is 0 Å². The van der Waals surface area contributed by atoms with Crippen molar-refractivity contribution in [2.75, 3.05) is 0 Å². The average molecular weight is 288 g/mol. The zero-order valence-corrected chi connectivity index (χ0v) is 8.65. The molecule has 4 heteroatoms. The standard InChI is InChI=1S/C7H7FIN.ClH/c8-6-3-1-2-5(4-10)7(6)9;/h1-3H,4,10H2;1H. The van der Waals surface area contributed by atoms with Gasteiger partial charge >= 0.3 is 0 Å². The van der Waals surface area contributed by atoms with Crippen LogP contribution in [-0.2, 0) is 6.54 Å². The summed E-state index contributed by atoms with van der Waals surface area (Å²) in [6.07, 6.45) is 0. The van der Waals surface area contributed by atoms with Crippen molar-refractivity contribution in [3.8, 4) is 0 Å². The molecule has 1 nitrogen and oxygen atoms in total.